The molecular weight excluding hydrogens is 210 g/mol. The second-order valence-corrected chi connectivity index (χ2v) is 3.78. The van der Waals surface area contributed by atoms with Gasteiger partial charge in [-0.3, -0.25) is 4.79 Å². The summed E-state index contributed by atoms with van der Waals surface area (Å²) in [5.74, 6) is 0.0303. The molecule has 0 heterocycles. The van der Waals surface area contributed by atoms with Crippen molar-refractivity contribution >= 4 is 16.6 Å². The van der Waals surface area contributed by atoms with Crippen LogP contribution in [0.1, 0.15) is 17.3 Å². The molecule has 0 bridgehead atoms. The van der Waals surface area contributed by atoms with Gasteiger partial charge in [0.25, 0.3) is 0 Å². The molecule has 0 saturated heterocycles. The second-order valence-electron chi connectivity index (χ2n) is 3.78. The number of fused-ring (bicyclic) bond motifs is 1. The van der Waals surface area contributed by atoms with E-state index in [0.717, 1.165) is 22.9 Å². The van der Waals surface area contributed by atoms with Gasteiger partial charge in [0, 0.05) is 24.4 Å². The van der Waals surface area contributed by atoms with Crippen LogP contribution in [0.2, 0.25) is 0 Å². The fraction of sp³-hybridized carbons (Fsp3) is 0.133. The van der Waals surface area contributed by atoms with Gasteiger partial charge in [0.1, 0.15) is 0 Å². The van der Waals surface area contributed by atoms with Gasteiger partial charge in [-0.1, -0.05) is 42.5 Å². The van der Waals surface area contributed by atoms with Gasteiger partial charge in [0.05, 0.1) is 0 Å². The van der Waals surface area contributed by atoms with Crippen molar-refractivity contribution < 1.29 is 4.79 Å². The third-order valence-corrected chi connectivity index (χ3v) is 2.61. The van der Waals surface area contributed by atoms with Crippen molar-refractivity contribution in [2.24, 2.45) is 0 Å². The highest BCUT2D eigenvalue weighted by molar-refractivity contribution is 6.13. The molecule has 17 heavy (non-hydrogen) atoms. The molecule has 86 valence electrons. The molecule has 2 nitrogen and oxygen atoms in total. The third kappa shape index (κ3) is 2.53. The summed E-state index contributed by atoms with van der Waals surface area (Å²) in [6.45, 7) is 2.81. The van der Waals surface area contributed by atoms with E-state index in [-0.39, 0.29) is 5.78 Å². The van der Waals surface area contributed by atoms with Crippen LogP contribution in [0.3, 0.4) is 0 Å². The van der Waals surface area contributed by atoms with E-state index in [9.17, 15) is 4.79 Å². The van der Waals surface area contributed by atoms with Crippen LogP contribution >= 0.6 is 0 Å². The number of nitrogens with one attached hydrogen (secondary N) is 1. The number of rotatable bonds is 4. The van der Waals surface area contributed by atoms with Crippen LogP contribution in [0.15, 0.2) is 54.7 Å². The maximum atomic E-state index is 12.0. The average molecular weight is 225 g/mol. The highest BCUT2D eigenvalue weighted by Crippen LogP contribution is 2.18. The molecule has 0 aliphatic heterocycles. The van der Waals surface area contributed by atoms with Crippen molar-refractivity contribution in [3.8, 4) is 0 Å². The summed E-state index contributed by atoms with van der Waals surface area (Å²) in [4.78, 5) is 12.0. The number of carbonyl (C=O) groups is 1. The van der Waals surface area contributed by atoms with Gasteiger partial charge in [-0.25, -0.2) is 0 Å². The number of carbonyl (C=O) groups excluding carboxylic acids is 1. The number of hydrogen-bond donors (Lipinski definition) is 1. The Bertz CT molecular complexity index is 552. The predicted octanol–water partition coefficient (Wildman–Crippen LogP) is 3.15. The van der Waals surface area contributed by atoms with Crippen LogP contribution in [0.25, 0.3) is 10.8 Å². The lowest BCUT2D eigenvalue weighted by Crippen LogP contribution is -2.04. The molecule has 0 atom stereocenters. The van der Waals surface area contributed by atoms with E-state index in [1.807, 2.05) is 49.4 Å². The molecule has 0 radical (unpaired) electrons. The maximum Gasteiger partial charge on any atom is 0.187 e. The summed E-state index contributed by atoms with van der Waals surface area (Å²) in [7, 11) is 0. The van der Waals surface area contributed by atoms with Gasteiger partial charge in [0.15, 0.2) is 5.78 Å². The van der Waals surface area contributed by atoms with E-state index >= 15 is 0 Å². The van der Waals surface area contributed by atoms with Crippen LogP contribution in [0.4, 0.5) is 0 Å². The van der Waals surface area contributed by atoms with Crippen LogP contribution in [0, 0.1) is 0 Å². The van der Waals surface area contributed by atoms with Gasteiger partial charge in [-0.15, -0.1) is 0 Å². The van der Waals surface area contributed by atoms with Crippen LogP contribution in [-0.2, 0) is 0 Å². The molecule has 1 N–H and O–H groups in total. The monoisotopic (exact) mass is 225 g/mol. The first-order chi connectivity index (χ1) is 8.33. The van der Waals surface area contributed by atoms with E-state index in [0.29, 0.717) is 0 Å². The molecular formula is C15H15NO. The molecule has 2 aromatic carbocycles. The number of allylic oxidation sites excluding steroid dienone is 1. The van der Waals surface area contributed by atoms with E-state index < -0.39 is 0 Å². The van der Waals surface area contributed by atoms with Crippen LogP contribution in [0.5, 0.6) is 0 Å². The van der Waals surface area contributed by atoms with Crippen molar-refractivity contribution in [2.75, 3.05) is 6.54 Å². The average Bonchev–Trinajstić information content (AvgIpc) is 2.38. The Labute approximate surface area is 101 Å². The predicted molar refractivity (Wildman–Crippen MR) is 71.1 cm³/mol. The van der Waals surface area contributed by atoms with Crippen molar-refractivity contribution in [2.45, 2.75) is 6.92 Å². The summed E-state index contributed by atoms with van der Waals surface area (Å²) in [6.07, 6.45) is 3.27. The van der Waals surface area contributed by atoms with E-state index in [2.05, 4.69) is 5.32 Å². The lowest BCUT2D eigenvalue weighted by molar-refractivity contribution is 0.104. The molecule has 0 amide bonds. The van der Waals surface area contributed by atoms with Crippen molar-refractivity contribution in [1.29, 1.82) is 0 Å². The Hall–Kier alpha value is -2.09. The molecule has 0 spiro atoms. The quantitative estimate of drug-likeness (QED) is 0.639. The highest BCUT2D eigenvalue weighted by atomic mass is 16.1. The minimum absolute atomic E-state index is 0.0303. The first-order valence-corrected chi connectivity index (χ1v) is 5.75. The zero-order chi connectivity index (χ0) is 12.1. The highest BCUT2D eigenvalue weighted by Gasteiger charge is 2.05. The van der Waals surface area contributed by atoms with Gasteiger partial charge in [0.2, 0.25) is 0 Å². The maximum absolute atomic E-state index is 12.0. The molecule has 0 unspecified atom stereocenters. The Morgan fingerprint density at radius 2 is 1.94 bits per heavy atom. The molecule has 0 aromatic heterocycles. The van der Waals surface area contributed by atoms with Gasteiger partial charge in [-0.2, -0.15) is 0 Å². The third-order valence-electron chi connectivity index (χ3n) is 2.61. The standard InChI is InChI=1S/C15H15NO/c1-2-16-11-10-15(17)14-9-5-7-12-6-3-4-8-13(12)14/h3-11,16H,2H2,1H3/b11-10+. The first-order valence-electron chi connectivity index (χ1n) is 5.75. The van der Waals surface area contributed by atoms with E-state index in [1.54, 1.807) is 12.3 Å². The molecule has 0 fully saturated rings. The normalized spacial score (nSPS) is 10.9. The van der Waals surface area contributed by atoms with E-state index in [4.69, 9.17) is 0 Å². The van der Waals surface area contributed by atoms with E-state index in [1.165, 1.54) is 0 Å². The largest absolute Gasteiger partial charge is 0.391 e. The van der Waals surface area contributed by atoms with Crippen molar-refractivity contribution in [3.63, 3.8) is 0 Å². The van der Waals surface area contributed by atoms with Crippen LogP contribution < -0.4 is 5.32 Å². The summed E-state index contributed by atoms with van der Waals surface area (Å²) in [6, 6.07) is 13.7. The van der Waals surface area contributed by atoms with Crippen molar-refractivity contribution in [3.05, 3.63) is 60.3 Å². The number of ketones is 1. The molecule has 2 heteroatoms. The topological polar surface area (TPSA) is 29.1 Å². The minimum atomic E-state index is 0.0303. The van der Waals surface area contributed by atoms with Gasteiger partial charge < -0.3 is 5.32 Å². The number of hydrogen-bond acceptors (Lipinski definition) is 2. The Kier molecular flexibility index (Phi) is 3.55. The van der Waals surface area contributed by atoms with Crippen LogP contribution in [-0.4, -0.2) is 12.3 Å². The fourth-order valence-electron chi connectivity index (χ4n) is 1.78. The van der Waals surface area contributed by atoms with Crippen molar-refractivity contribution in [1.82, 2.24) is 5.32 Å². The SMILES string of the molecule is CCN/C=C/C(=O)c1cccc2ccccc12. The Morgan fingerprint density at radius 3 is 2.76 bits per heavy atom. The summed E-state index contributed by atoms with van der Waals surface area (Å²) >= 11 is 0. The first kappa shape index (κ1) is 11.4. The second kappa shape index (κ2) is 5.30. The Balaban J connectivity index is 2.38. The Morgan fingerprint density at radius 1 is 1.18 bits per heavy atom. The molecule has 2 aromatic rings. The fourth-order valence-corrected chi connectivity index (χ4v) is 1.78. The summed E-state index contributed by atoms with van der Waals surface area (Å²) < 4.78 is 0. The molecule has 0 saturated carbocycles. The molecule has 0 aliphatic rings. The smallest absolute Gasteiger partial charge is 0.187 e. The summed E-state index contributed by atoms with van der Waals surface area (Å²) in [5.41, 5.74) is 0.747. The molecule has 0 aliphatic carbocycles. The number of benzene rings is 2. The zero-order valence-electron chi connectivity index (χ0n) is 9.81. The minimum Gasteiger partial charge on any atom is -0.391 e. The summed E-state index contributed by atoms with van der Waals surface area (Å²) in [5, 5.41) is 5.09. The molecule has 2 rings (SSSR count). The zero-order valence-corrected chi connectivity index (χ0v) is 9.81. The van der Waals surface area contributed by atoms with Gasteiger partial charge in [-0.05, 0) is 17.7 Å². The lowest BCUT2D eigenvalue weighted by Gasteiger charge is -2.02. The van der Waals surface area contributed by atoms with Gasteiger partial charge >= 0.3 is 0 Å². The lowest BCUT2D eigenvalue weighted by atomic mass is 10.0.